The fourth-order valence-electron chi connectivity index (χ4n) is 3.44. The van der Waals surface area contributed by atoms with E-state index in [9.17, 15) is 18.0 Å². The van der Waals surface area contributed by atoms with Crippen molar-refractivity contribution in [3.05, 3.63) is 54.5 Å². The van der Waals surface area contributed by atoms with Crippen LogP contribution in [0.5, 0.6) is 5.88 Å². The van der Waals surface area contributed by atoms with Crippen molar-refractivity contribution < 1.29 is 22.7 Å². The number of imidazole rings is 1. The molecule has 0 saturated heterocycles. The normalized spacial score (nSPS) is 11.7. The maximum absolute atomic E-state index is 12.2. The first-order valence-electron chi connectivity index (χ1n) is 10.2. The molecule has 0 aliphatic heterocycles. The molecular weight excluding hydrogens is 437 g/mol. The van der Waals surface area contributed by atoms with E-state index in [1.54, 1.807) is 6.33 Å². The molecule has 0 aliphatic rings. The molecule has 0 saturated carbocycles. The van der Waals surface area contributed by atoms with E-state index in [1.165, 1.54) is 18.3 Å². The van der Waals surface area contributed by atoms with E-state index >= 15 is 0 Å². The number of ether oxygens (including phenoxy) is 1. The number of para-hydroxylation sites is 1. The van der Waals surface area contributed by atoms with Crippen LogP contribution in [0.4, 0.5) is 19.0 Å². The number of rotatable bonds is 8. The number of amides is 1. The van der Waals surface area contributed by atoms with Gasteiger partial charge < -0.3 is 20.4 Å². The number of benzene rings is 1. The maximum atomic E-state index is 12.2. The topological polar surface area (TPSA) is 108 Å². The smallest absolute Gasteiger partial charge is 0.422 e. The molecule has 0 spiro atoms. The fourth-order valence-corrected chi connectivity index (χ4v) is 3.44. The Balaban J connectivity index is 1.29. The number of aryl methyl sites for hydroxylation is 1. The Hall–Kier alpha value is -3.89. The third-order valence-corrected chi connectivity index (χ3v) is 4.97. The number of hydrogen-bond donors (Lipinski definition) is 2. The second-order valence-electron chi connectivity index (χ2n) is 7.40. The number of halogens is 3. The summed E-state index contributed by atoms with van der Waals surface area (Å²) in [7, 11) is 0. The van der Waals surface area contributed by atoms with Crippen LogP contribution in [-0.4, -0.2) is 44.8 Å². The van der Waals surface area contributed by atoms with Crippen molar-refractivity contribution in [2.24, 2.45) is 0 Å². The van der Waals surface area contributed by atoms with Gasteiger partial charge in [0.15, 0.2) is 12.4 Å². The maximum Gasteiger partial charge on any atom is 0.422 e. The minimum atomic E-state index is -4.45. The van der Waals surface area contributed by atoms with Gasteiger partial charge in [-0.2, -0.15) is 13.2 Å². The van der Waals surface area contributed by atoms with E-state index < -0.39 is 12.8 Å². The highest BCUT2D eigenvalue weighted by atomic mass is 19.4. The summed E-state index contributed by atoms with van der Waals surface area (Å²) < 4.78 is 43.1. The Kier molecular flexibility index (Phi) is 6.29. The molecule has 33 heavy (non-hydrogen) atoms. The molecule has 172 valence electrons. The minimum Gasteiger partial charge on any atom is -0.468 e. The zero-order valence-electron chi connectivity index (χ0n) is 17.5. The molecule has 0 aliphatic carbocycles. The lowest BCUT2D eigenvalue weighted by Crippen LogP contribution is -2.25. The monoisotopic (exact) mass is 458 g/mol. The lowest BCUT2D eigenvalue weighted by Gasteiger charge is -2.09. The summed E-state index contributed by atoms with van der Waals surface area (Å²) in [5, 5.41) is 3.75. The van der Waals surface area contributed by atoms with Crippen molar-refractivity contribution in [3.8, 4) is 5.88 Å². The summed E-state index contributed by atoms with van der Waals surface area (Å²) in [4.78, 5) is 24.7. The molecule has 1 aromatic carbocycles. The molecule has 4 rings (SSSR count). The van der Waals surface area contributed by atoms with Gasteiger partial charge in [-0.05, 0) is 25.0 Å². The quantitative estimate of drug-likeness (QED) is 0.390. The van der Waals surface area contributed by atoms with Crippen LogP contribution >= 0.6 is 0 Å². The Morgan fingerprint density at radius 2 is 1.94 bits per heavy atom. The number of carbonyl (C=O) groups excluding carboxylic acids is 1. The molecule has 0 atom stereocenters. The number of aromatic nitrogens is 4. The molecule has 3 heterocycles. The van der Waals surface area contributed by atoms with E-state index in [2.05, 4.69) is 25.0 Å². The standard InChI is InChI=1S/C22H21F3N6O2/c23-22(24,25)12-33-17-8-7-14(11-28-17)21(32)27-9-3-4-10-31-13-29-18-19(31)15-5-1-2-6-16(15)30-20(18)26/h1-2,5-8,11,13H,3-4,9-10,12H2,(H2,26,30)(H,27,32). The largest absolute Gasteiger partial charge is 0.468 e. The molecule has 8 nitrogen and oxygen atoms in total. The Bertz CT molecular complexity index is 1270. The van der Waals surface area contributed by atoms with Crippen molar-refractivity contribution in [3.63, 3.8) is 0 Å². The van der Waals surface area contributed by atoms with Gasteiger partial charge >= 0.3 is 6.18 Å². The molecule has 0 radical (unpaired) electrons. The summed E-state index contributed by atoms with van der Waals surface area (Å²) in [6.45, 7) is -0.314. The number of alkyl halides is 3. The average molecular weight is 458 g/mol. The van der Waals surface area contributed by atoms with Crippen molar-refractivity contribution in [1.29, 1.82) is 0 Å². The number of nitrogens with zero attached hydrogens (tertiary/aromatic N) is 4. The van der Waals surface area contributed by atoms with Crippen LogP contribution in [0, 0.1) is 0 Å². The number of unbranched alkanes of at least 4 members (excludes halogenated alkanes) is 1. The van der Waals surface area contributed by atoms with Gasteiger partial charge in [-0.1, -0.05) is 18.2 Å². The van der Waals surface area contributed by atoms with E-state index in [0.717, 1.165) is 22.8 Å². The average Bonchev–Trinajstić information content (AvgIpc) is 3.22. The van der Waals surface area contributed by atoms with E-state index in [0.29, 0.717) is 30.8 Å². The predicted octanol–water partition coefficient (Wildman–Crippen LogP) is 3.71. The first kappa shape index (κ1) is 22.3. The van der Waals surface area contributed by atoms with Crippen LogP contribution in [0.25, 0.3) is 21.9 Å². The highest BCUT2D eigenvalue weighted by Crippen LogP contribution is 2.27. The number of anilines is 1. The van der Waals surface area contributed by atoms with E-state index in [1.807, 2.05) is 28.8 Å². The number of nitrogens with one attached hydrogen (secondary N) is 1. The van der Waals surface area contributed by atoms with Gasteiger partial charge in [-0.3, -0.25) is 4.79 Å². The summed E-state index contributed by atoms with van der Waals surface area (Å²) in [6.07, 6.45) is -0.0315. The van der Waals surface area contributed by atoms with Crippen LogP contribution in [0.1, 0.15) is 23.2 Å². The fraction of sp³-hybridized carbons (Fsp3) is 0.273. The summed E-state index contributed by atoms with van der Waals surface area (Å²) in [5.41, 5.74) is 8.69. The minimum absolute atomic E-state index is 0.195. The van der Waals surface area contributed by atoms with E-state index in [-0.39, 0.29) is 17.4 Å². The SMILES string of the molecule is Nc1nc2ccccc2c2c1ncn2CCCCNC(=O)c1ccc(OCC(F)(F)F)nc1. The lowest BCUT2D eigenvalue weighted by molar-refractivity contribution is -0.154. The highest BCUT2D eigenvalue weighted by Gasteiger charge is 2.28. The van der Waals surface area contributed by atoms with Gasteiger partial charge in [0, 0.05) is 30.7 Å². The van der Waals surface area contributed by atoms with Crippen LogP contribution in [0.3, 0.4) is 0 Å². The Morgan fingerprint density at radius 3 is 2.70 bits per heavy atom. The Labute approximate surface area is 186 Å². The first-order valence-corrected chi connectivity index (χ1v) is 10.2. The molecule has 0 fully saturated rings. The van der Waals surface area contributed by atoms with Gasteiger partial charge in [0.2, 0.25) is 5.88 Å². The summed E-state index contributed by atoms with van der Waals surface area (Å²) >= 11 is 0. The number of nitrogens with two attached hydrogens (primary N) is 1. The lowest BCUT2D eigenvalue weighted by atomic mass is 10.2. The predicted molar refractivity (Wildman–Crippen MR) is 117 cm³/mol. The van der Waals surface area contributed by atoms with Crippen molar-refractivity contribution in [2.75, 3.05) is 18.9 Å². The molecule has 3 N–H and O–H groups in total. The van der Waals surface area contributed by atoms with E-state index in [4.69, 9.17) is 5.73 Å². The second-order valence-corrected chi connectivity index (χ2v) is 7.40. The molecular formula is C22H21F3N6O2. The van der Waals surface area contributed by atoms with Gasteiger partial charge in [0.25, 0.3) is 5.91 Å². The van der Waals surface area contributed by atoms with Crippen LogP contribution < -0.4 is 15.8 Å². The van der Waals surface area contributed by atoms with Crippen molar-refractivity contribution in [1.82, 2.24) is 24.8 Å². The molecule has 3 aromatic heterocycles. The van der Waals surface area contributed by atoms with Crippen LogP contribution in [0.2, 0.25) is 0 Å². The summed E-state index contributed by atoms with van der Waals surface area (Å²) in [6, 6.07) is 10.3. The summed E-state index contributed by atoms with van der Waals surface area (Å²) in [5.74, 6) is -0.166. The first-order chi connectivity index (χ1) is 15.8. The van der Waals surface area contributed by atoms with Crippen molar-refractivity contribution >= 4 is 33.7 Å². The van der Waals surface area contributed by atoms with Crippen LogP contribution in [0.15, 0.2) is 48.9 Å². The molecule has 0 bridgehead atoms. The molecule has 1 amide bonds. The number of nitrogen functional groups attached to an aromatic ring is 1. The van der Waals surface area contributed by atoms with Gasteiger partial charge in [0.1, 0.15) is 5.52 Å². The third kappa shape index (κ3) is 5.30. The molecule has 11 heteroatoms. The van der Waals surface area contributed by atoms with Gasteiger partial charge in [-0.25, -0.2) is 15.0 Å². The second kappa shape index (κ2) is 9.31. The van der Waals surface area contributed by atoms with Crippen molar-refractivity contribution in [2.45, 2.75) is 25.6 Å². The molecule has 0 unspecified atom stereocenters. The number of fused-ring (bicyclic) bond motifs is 3. The van der Waals surface area contributed by atoms with Gasteiger partial charge in [0.05, 0.1) is 22.9 Å². The zero-order valence-corrected chi connectivity index (χ0v) is 17.5. The number of carbonyl (C=O) groups is 1. The van der Waals surface area contributed by atoms with Gasteiger partial charge in [-0.15, -0.1) is 0 Å². The highest BCUT2D eigenvalue weighted by molar-refractivity contribution is 6.06. The Morgan fingerprint density at radius 1 is 1.12 bits per heavy atom. The number of hydrogen-bond acceptors (Lipinski definition) is 6. The third-order valence-electron chi connectivity index (χ3n) is 4.97. The van der Waals surface area contributed by atoms with Crippen LogP contribution in [-0.2, 0) is 6.54 Å². The number of pyridine rings is 2. The molecule has 4 aromatic rings. The zero-order chi connectivity index (χ0) is 23.4.